The van der Waals surface area contributed by atoms with E-state index in [1.165, 1.54) is 24.3 Å². The minimum Gasteiger partial charge on any atom is -0.489 e. The van der Waals surface area contributed by atoms with Crippen LogP contribution in [0.25, 0.3) is 0 Å². The van der Waals surface area contributed by atoms with Crippen LogP contribution in [0.1, 0.15) is 39.7 Å². The molecule has 0 atom stereocenters. The fourth-order valence-electron chi connectivity index (χ4n) is 2.71. The lowest BCUT2D eigenvalue weighted by atomic mass is 10.2. The molecule has 0 spiro atoms. The van der Waals surface area contributed by atoms with Gasteiger partial charge in [-0.15, -0.1) is 0 Å². The third kappa shape index (κ3) is 4.19. The second-order valence-corrected chi connectivity index (χ2v) is 6.31. The number of aromatic nitrogens is 3. The number of benzene rings is 1. The number of carbonyl (C=O) groups is 1. The monoisotopic (exact) mass is 390 g/mol. The molecule has 2 heterocycles. The first kappa shape index (κ1) is 19.5. The Labute approximate surface area is 160 Å². The summed E-state index contributed by atoms with van der Waals surface area (Å²) in [6, 6.07) is 6.61. The van der Waals surface area contributed by atoms with Crippen LogP contribution in [0.2, 0.25) is 0 Å². The molecule has 148 valence electrons. The standard InChI is InChI=1S/C19H20F2N4O3/c1-12-16(13(2)28-23-12)11-27-15-6-4-14(5-7-15)18(26)24(3)10-17-22-8-9-25(17)19(20)21/h4-9,19H,10-11H2,1-3H3. The lowest BCUT2D eigenvalue weighted by Gasteiger charge is -2.18. The molecule has 0 radical (unpaired) electrons. The van der Waals surface area contributed by atoms with Gasteiger partial charge in [-0.25, -0.2) is 4.98 Å². The number of imidazole rings is 1. The first-order valence-corrected chi connectivity index (χ1v) is 8.56. The van der Waals surface area contributed by atoms with Crippen LogP contribution in [0.3, 0.4) is 0 Å². The Morgan fingerprint density at radius 2 is 2.00 bits per heavy atom. The molecule has 0 N–H and O–H groups in total. The van der Waals surface area contributed by atoms with Crippen LogP contribution in [-0.2, 0) is 13.2 Å². The summed E-state index contributed by atoms with van der Waals surface area (Å²) in [6.45, 7) is 1.24. The predicted molar refractivity (Wildman–Crippen MR) is 96.0 cm³/mol. The van der Waals surface area contributed by atoms with Gasteiger partial charge in [-0.3, -0.25) is 9.36 Å². The summed E-state index contributed by atoms with van der Waals surface area (Å²) in [4.78, 5) is 17.8. The van der Waals surface area contributed by atoms with Crippen LogP contribution in [0.15, 0.2) is 41.2 Å². The minimum absolute atomic E-state index is 0.0273. The fourth-order valence-corrected chi connectivity index (χ4v) is 2.71. The molecular formula is C19H20F2N4O3. The highest BCUT2D eigenvalue weighted by atomic mass is 19.3. The van der Waals surface area contributed by atoms with E-state index in [-0.39, 0.29) is 18.3 Å². The Balaban J connectivity index is 1.62. The van der Waals surface area contributed by atoms with Crippen molar-refractivity contribution < 1.29 is 22.8 Å². The maximum Gasteiger partial charge on any atom is 0.319 e. The maximum atomic E-state index is 12.9. The molecule has 1 amide bonds. The Bertz CT molecular complexity index is 931. The molecule has 9 heteroatoms. The van der Waals surface area contributed by atoms with Gasteiger partial charge in [0.15, 0.2) is 0 Å². The van der Waals surface area contributed by atoms with Crippen molar-refractivity contribution in [3.8, 4) is 5.75 Å². The zero-order valence-electron chi connectivity index (χ0n) is 15.7. The molecule has 0 saturated heterocycles. The first-order valence-electron chi connectivity index (χ1n) is 8.56. The van der Waals surface area contributed by atoms with Gasteiger partial charge in [0.25, 0.3) is 5.91 Å². The van der Waals surface area contributed by atoms with Crippen molar-refractivity contribution in [2.45, 2.75) is 33.5 Å². The molecule has 0 saturated carbocycles. The number of ether oxygens (including phenoxy) is 1. The Kier molecular flexibility index (Phi) is 5.72. The van der Waals surface area contributed by atoms with Crippen LogP contribution >= 0.6 is 0 Å². The number of amides is 1. The summed E-state index contributed by atoms with van der Waals surface area (Å²) >= 11 is 0. The van der Waals surface area contributed by atoms with Crippen LogP contribution in [0.4, 0.5) is 8.78 Å². The predicted octanol–water partition coefficient (Wildman–Crippen LogP) is 3.73. The maximum absolute atomic E-state index is 12.9. The highest BCUT2D eigenvalue weighted by Gasteiger charge is 2.17. The molecule has 0 fully saturated rings. The van der Waals surface area contributed by atoms with Crippen LogP contribution in [-0.4, -0.2) is 32.6 Å². The topological polar surface area (TPSA) is 73.4 Å². The minimum atomic E-state index is -2.70. The largest absolute Gasteiger partial charge is 0.489 e. The van der Waals surface area contributed by atoms with Gasteiger partial charge >= 0.3 is 6.55 Å². The van der Waals surface area contributed by atoms with Crippen LogP contribution < -0.4 is 4.74 Å². The third-order valence-corrected chi connectivity index (χ3v) is 4.35. The number of rotatable bonds is 7. The number of nitrogens with zero attached hydrogens (tertiary/aromatic N) is 4. The molecule has 1 aromatic carbocycles. The first-order chi connectivity index (χ1) is 13.4. The summed E-state index contributed by atoms with van der Waals surface area (Å²) in [5.41, 5.74) is 2.07. The lowest BCUT2D eigenvalue weighted by molar-refractivity contribution is 0.0612. The van der Waals surface area contributed by atoms with Crippen molar-refractivity contribution in [1.82, 2.24) is 19.6 Å². The molecule has 0 aliphatic carbocycles. The van der Waals surface area contributed by atoms with Crippen molar-refractivity contribution in [2.24, 2.45) is 0 Å². The molecule has 0 bridgehead atoms. The second kappa shape index (κ2) is 8.20. The van der Waals surface area contributed by atoms with E-state index in [1.807, 2.05) is 13.8 Å². The van der Waals surface area contributed by atoms with Crippen molar-refractivity contribution in [1.29, 1.82) is 0 Å². The van der Waals surface area contributed by atoms with E-state index in [0.29, 0.717) is 23.7 Å². The van der Waals surface area contributed by atoms with Gasteiger partial charge in [-0.2, -0.15) is 8.78 Å². The number of halogens is 2. The zero-order chi connectivity index (χ0) is 20.3. The van der Waals surface area contributed by atoms with E-state index in [2.05, 4.69) is 10.1 Å². The van der Waals surface area contributed by atoms with Crippen molar-refractivity contribution >= 4 is 5.91 Å². The van der Waals surface area contributed by atoms with Crippen LogP contribution in [0, 0.1) is 13.8 Å². The summed E-state index contributed by atoms with van der Waals surface area (Å²) in [7, 11) is 1.54. The van der Waals surface area contributed by atoms with E-state index in [4.69, 9.17) is 9.26 Å². The number of hydrogen-bond acceptors (Lipinski definition) is 5. The Hall–Kier alpha value is -3.23. The van der Waals surface area contributed by atoms with E-state index in [9.17, 15) is 13.6 Å². The molecule has 3 rings (SSSR count). The van der Waals surface area contributed by atoms with Gasteiger partial charge in [-0.05, 0) is 38.1 Å². The number of alkyl halides is 2. The van der Waals surface area contributed by atoms with E-state index < -0.39 is 6.55 Å². The average Bonchev–Trinajstić information content (AvgIpc) is 3.26. The molecule has 0 aliphatic rings. The third-order valence-electron chi connectivity index (χ3n) is 4.35. The highest BCUT2D eigenvalue weighted by Crippen LogP contribution is 2.19. The molecule has 2 aromatic heterocycles. The number of aryl methyl sites for hydroxylation is 2. The SMILES string of the molecule is Cc1noc(C)c1COc1ccc(C(=O)N(C)Cc2nccn2C(F)F)cc1. The summed E-state index contributed by atoms with van der Waals surface area (Å²) in [5.74, 6) is 1.10. The smallest absolute Gasteiger partial charge is 0.319 e. The van der Waals surface area contributed by atoms with E-state index in [1.54, 1.807) is 24.3 Å². The lowest BCUT2D eigenvalue weighted by Crippen LogP contribution is -2.27. The van der Waals surface area contributed by atoms with Gasteiger partial charge in [0, 0.05) is 25.0 Å². The van der Waals surface area contributed by atoms with Gasteiger partial charge in [0.2, 0.25) is 0 Å². The fraction of sp³-hybridized carbons (Fsp3) is 0.316. The summed E-state index contributed by atoms with van der Waals surface area (Å²) in [6.07, 6.45) is 2.47. The molecule has 0 aliphatic heterocycles. The zero-order valence-corrected chi connectivity index (χ0v) is 15.7. The number of hydrogen-bond donors (Lipinski definition) is 0. The molecule has 0 unspecified atom stereocenters. The van der Waals surface area contributed by atoms with Crippen molar-refractivity contribution in [3.63, 3.8) is 0 Å². The normalized spacial score (nSPS) is 11.1. The van der Waals surface area contributed by atoms with Crippen molar-refractivity contribution in [2.75, 3.05) is 7.05 Å². The van der Waals surface area contributed by atoms with Gasteiger partial charge in [0.05, 0.1) is 17.8 Å². The highest BCUT2D eigenvalue weighted by molar-refractivity contribution is 5.94. The quantitative estimate of drug-likeness (QED) is 0.615. The average molecular weight is 390 g/mol. The molecular weight excluding hydrogens is 370 g/mol. The Morgan fingerprint density at radius 3 is 2.61 bits per heavy atom. The summed E-state index contributed by atoms with van der Waals surface area (Å²) < 4.78 is 37.3. The second-order valence-electron chi connectivity index (χ2n) is 6.31. The van der Waals surface area contributed by atoms with Crippen LogP contribution in [0.5, 0.6) is 5.75 Å². The molecule has 7 nitrogen and oxygen atoms in total. The molecule has 3 aromatic rings. The molecule has 28 heavy (non-hydrogen) atoms. The van der Waals surface area contributed by atoms with Gasteiger partial charge in [-0.1, -0.05) is 5.16 Å². The Morgan fingerprint density at radius 1 is 1.29 bits per heavy atom. The van der Waals surface area contributed by atoms with Gasteiger partial charge < -0.3 is 14.2 Å². The summed E-state index contributed by atoms with van der Waals surface area (Å²) in [5, 5.41) is 3.87. The number of carbonyl (C=O) groups excluding carboxylic acids is 1. The van der Waals surface area contributed by atoms with Gasteiger partial charge in [0.1, 0.15) is 23.9 Å². The van der Waals surface area contributed by atoms with E-state index >= 15 is 0 Å². The van der Waals surface area contributed by atoms with Crippen molar-refractivity contribution in [3.05, 3.63) is 65.1 Å². The van der Waals surface area contributed by atoms with E-state index in [0.717, 1.165) is 15.8 Å².